The van der Waals surface area contributed by atoms with Crippen molar-refractivity contribution in [1.82, 2.24) is 14.9 Å². The van der Waals surface area contributed by atoms with Gasteiger partial charge < -0.3 is 4.90 Å². The molecule has 1 unspecified atom stereocenters. The Labute approximate surface area is 147 Å². The monoisotopic (exact) mass is 343 g/mol. The number of fused-ring (bicyclic) bond motifs is 1. The van der Waals surface area contributed by atoms with E-state index in [1.165, 1.54) is 17.2 Å². The Kier molecular flexibility index (Phi) is 5.53. The third-order valence-electron chi connectivity index (χ3n) is 4.86. The molecule has 0 amide bonds. The van der Waals surface area contributed by atoms with Crippen molar-refractivity contribution in [1.29, 1.82) is 0 Å². The fourth-order valence-corrected chi connectivity index (χ4v) is 3.51. The summed E-state index contributed by atoms with van der Waals surface area (Å²) in [4.78, 5) is 10.6. The fourth-order valence-electron chi connectivity index (χ4n) is 3.51. The van der Waals surface area contributed by atoms with E-state index in [4.69, 9.17) is 0 Å². The lowest BCUT2D eigenvalue weighted by Gasteiger charge is -2.19. The molecule has 3 nitrogen and oxygen atoms in total. The first-order valence-corrected chi connectivity index (χ1v) is 8.61. The molecule has 3 rings (SSSR count). The molecular formula is C20H23F2N3. The number of benzene rings is 1. The Hall–Kier alpha value is -2.14. The van der Waals surface area contributed by atoms with E-state index in [1.807, 2.05) is 18.0 Å². The van der Waals surface area contributed by atoms with Gasteiger partial charge in [-0.2, -0.15) is 0 Å². The zero-order valence-electron chi connectivity index (χ0n) is 14.7. The van der Waals surface area contributed by atoms with E-state index in [0.29, 0.717) is 6.54 Å². The summed E-state index contributed by atoms with van der Waals surface area (Å²) in [5, 5.41) is 0. The minimum Gasteiger partial charge on any atom is -0.303 e. The van der Waals surface area contributed by atoms with E-state index in [9.17, 15) is 8.78 Å². The second kappa shape index (κ2) is 7.83. The minimum atomic E-state index is -0.343. The number of rotatable bonds is 7. The van der Waals surface area contributed by atoms with E-state index in [-0.39, 0.29) is 18.4 Å². The second-order valence-electron chi connectivity index (χ2n) is 6.59. The van der Waals surface area contributed by atoms with Gasteiger partial charge in [0.1, 0.15) is 12.5 Å². The molecule has 0 spiro atoms. The molecule has 0 saturated heterocycles. The summed E-state index contributed by atoms with van der Waals surface area (Å²) in [6.45, 7) is 2.99. The highest BCUT2D eigenvalue weighted by atomic mass is 19.1. The van der Waals surface area contributed by atoms with Crippen LogP contribution in [0.4, 0.5) is 8.78 Å². The van der Waals surface area contributed by atoms with Gasteiger partial charge in [-0.05, 0) is 48.7 Å². The normalized spacial score (nSPS) is 14.9. The molecule has 1 aliphatic rings. The molecule has 0 saturated carbocycles. The van der Waals surface area contributed by atoms with Crippen molar-refractivity contribution in [3.8, 4) is 0 Å². The van der Waals surface area contributed by atoms with E-state index >= 15 is 0 Å². The zero-order chi connectivity index (χ0) is 17.8. The second-order valence-corrected chi connectivity index (χ2v) is 6.59. The highest BCUT2D eigenvalue weighted by Crippen LogP contribution is 2.42. The quantitative estimate of drug-likeness (QED) is 0.760. The molecule has 1 aromatic heterocycles. The average Bonchev–Trinajstić information content (AvgIpc) is 2.97. The van der Waals surface area contributed by atoms with Crippen molar-refractivity contribution in [2.24, 2.45) is 0 Å². The maximum absolute atomic E-state index is 13.7. The van der Waals surface area contributed by atoms with Gasteiger partial charge in [-0.25, -0.2) is 8.78 Å². The molecule has 1 heterocycles. The molecule has 132 valence electrons. The molecule has 25 heavy (non-hydrogen) atoms. The number of allylic oxidation sites excluding steroid dienone is 1. The summed E-state index contributed by atoms with van der Waals surface area (Å²) < 4.78 is 26.2. The molecule has 1 aromatic carbocycles. The van der Waals surface area contributed by atoms with Crippen LogP contribution >= 0.6 is 0 Å². The zero-order valence-corrected chi connectivity index (χ0v) is 14.7. The lowest BCUT2D eigenvalue weighted by atomic mass is 9.90. The van der Waals surface area contributed by atoms with Crippen LogP contribution in [-0.2, 0) is 6.42 Å². The first-order chi connectivity index (χ1) is 12.1. The first kappa shape index (κ1) is 17.7. The summed E-state index contributed by atoms with van der Waals surface area (Å²) in [6.07, 6.45) is 6.73. The van der Waals surface area contributed by atoms with Gasteiger partial charge in [0, 0.05) is 37.6 Å². The molecule has 5 heteroatoms. The first-order valence-electron chi connectivity index (χ1n) is 8.61. The van der Waals surface area contributed by atoms with Crippen molar-refractivity contribution in [3.63, 3.8) is 0 Å². The fraction of sp³-hybridized carbons (Fsp3) is 0.400. The Balaban J connectivity index is 1.92. The molecular weight excluding hydrogens is 320 g/mol. The predicted molar refractivity (Wildman–Crippen MR) is 95.6 cm³/mol. The van der Waals surface area contributed by atoms with E-state index in [0.717, 1.165) is 36.2 Å². The molecule has 0 N–H and O–H groups in total. The Morgan fingerprint density at radius 1 is 1.24 bits per heavy atom. The molecule has 2 aromatic rings. The van der Waals surface area contributed by atoms with Crippen LogP contribution in [0.3, 0.4) is 0 Å². The van der Waals surface area contributed by atoms with Crippen LogP contribution in [-0.4, -0.2) is 41.7 Å². The van der Waals surface area contributed by atoms with Crippen molar-refractivity contribution in [3.05, 3.63) is 65.0 Å². The highest BCUT2D eigenvalue weighted by Gasteiger charge is 2.27. The number of aromatic nitrogens is 2. The van der Waals surface area contributed by atoms with Crippen LogP contribution in [0.15, 0.2) is 42.4 Å². The summed E-state index contributed by atoms with van der Waals surface area (Å²) in [6, 6.07) is 5.00. The third kappa shape index (κ3) is 3.93. The van der Waals surface area contributed by atoms with Crippen LogP contribution < -0.4 is 0 Å². The van der Waals surface area contributed by atoms with Crippen LogP contribution in [0.2, 0.25) is 0 Å². The van der Waals surface area contributed by atoms with Gasteiger partial charge in [-0.1, -0.05) is 18.6 Å². The van der Waals surface area contributed by atoms with Crippen molar-refractivity contribution < 1.29 is 8.78 Å². The smallest absolute Gasteiger partial charge is 0.123 e. The standard InChI is InChI=1S/C20H23F2N3/c1-14(19-13-23-7-8-24-19)20-15(5-9-25(2)10-6-21)11-16-12-17(22)3-4-18(16)20/h3-4,7-8,12-14H,5-6,9-11H2,1-2H3. The van der Waals surface area contributed by atoms with Crippen molar-refractivity contribution in [2.45, 2.75) is 25.7 Å². The van der Waals surface area contributed by atoms with Gasteiger partial charge in [-0.15, -0.1) is 0 Å². The van der Waals surface area contributed by atoms with Crippen LogP contribution in [0, 0.1) is 5.82 Å². The predicted octanol–water partition coefficient (Wildman–Crippen LogP) is 4.02. The molecule has 0 fully saturated rings. The molecule has 0 radical (unpaired) electrons. The lowest BCUT2D eigenvalue weighted by Crippen LogP contribution is -2.22. The van der Waals surface area contributed by atoms with Gasteiger partial charge in [0.15, 0.2) is 0 Å². The number of nitrogens with zero attached hydrogens (tertiary/aromatic N) is 3. The number of halogens is 2. The topological polar surface area (TPSA) is 29.0 Å². The van der Waals surface area contributed by atoms with E-state index in [1.54, 1.807) is 24.7 Å². The SMILES string of the molecule is CC(C1=C(CCN(C)CCF)Cc2cc(F)ccc21)c1cnccn1. The van der Waals surface area contributed by atoms with Gasteiger partial charge in [0.2, 0.25) is 0 Å². The van der Waals surface area contributed by atoms with Crippen LogP contribution in [0.25, 0.3) is 5.57 Å². The molecule has 0 bridgehead atoms. The summed E-state index contributed by atoms with van der Waals surface area (Å²) >= 11 is 0. The van der Waals surface area contributed by atoms with Gasteiger partial charge in [0.25, 0.3) is 0 Å². The Bertz CT molecular complexity index is 759. The van der Waals surface area contributed by atoms with Gasteiger partial charge in [0.05, 0.1) is 5.69 Å². The molecule has 1 aliphatic carbocycles. The average molecular weight is 343 g/mol. The molecule has 0 aliphatic heterocycles. The third-order valence-corrected chi connectivity index (χ3v) is 4.86. The number of alkyl halides is 1. The van der Waals surface area contributed by atoms with Gasteiger partial charge in [-0.3, -0.25) is 9.97 Å². The van der Waals surface area contributed by atoms with Crippen LogP contribution in [0.1, 0.15) is 36.1 Å². The maximum Gasteiger partial charge on any atom is 0.123 e. The largest absolute Gasteiger partial charge is 0.303 e. The summed E-state index contributed by atoms with van der Waals surface area (Å²) in [7, 11) is 1.92. The van der Waals surface area contributed by atoms with Gasteiger partial charge >= 0.3 is 0 Å². The Morgan fingerprint density at radius 3 is 2.80 bits per heavy atom. The lowest BCUT2D eigenvalue weighted by molar-refractivity contribution is 0.298. The van der Waals surface area contributed by atoms with Crippen molar-refractivity contribution in [2.75, 3.05) is 26.8 Å². The number of hydrogen-bond acceptors (Lipinski definition) is 3. The van der Waals surface area contributed by atoms with E-state index in [2.05, 4.69) is 16.9 Å². The summed E-state index contributed by atoms with van der Waals surface area (Å²) in [5.74, 6) is -0.122. The summed E-state index contributed by atoms with van der Waals surface area (Å²) in [5.41, 5.74) is 5.52. The highest BCUT2D eigenvalue weighted by molar-refractivity contribution is 5.80. The van der Waals surface area contributed by atoms with E-state index < -0.39 is 0 Å². The maximum atomic E-state index is 13.7. The Morgan fingerprint density at radius 2 is 2.08 bits per heavy atom. The van der Waals surface area contributed by atoms with Crippen LogP contribution in [0.5, 0.6) is 0 Å². The van der Waals surface area contributed by atoms with Crippen molar-refractivity contribution >= 4 is 5.57 Å². The minimum absolute atomic E-state index is 0.0851. The molecule has 1 atom stereocenters. The number of hydrogen-bond donors (Lipinski definition) is 0.